The number of hydrogen-bond donors (Lipinski definition) is 2. The van der Waals surface area contributed by atoms with Crippen LogP contribution in [0.1, 0.15) is 30.0 Å². The highest BCUT2D eigenvalue weighted by atomic mass is 32.2. The van der Waals surface area contributed by atoms with Crippen LogP contribution in [0.4, 0.5) is 11.4 Å². The Morgan fingerprint density at radius 2 is 1.76 bits per heavy atom. The summed E-state index contributed by atoms with van der Waals surface area (Å²) in [6.07, 6.45) is 1.56. The number of carbonyl (C=O) groups is 2. The fourth-order valence-corrected chi connectivity index (χ4v) is 4.77. The summed E-state index contributed by atoms with van der Waals surface area (Å²) < 4.78 is 37.2. The van der Waals surface area contributed by atoms with E-state index >= 15 is 0 Å². The molecule has 0 atom stereocenters. The summed E-state index contributed by atoms with van der Waals surface area (Å²) in [6.45, 7) is 4.03. The first-order valence-corrected chi connectivity index (χ1v) is 12.2. The molecule has 0 aliphatic carbocycles. The van der Waals surface area contributed by atoms with E-state index in [0.29, 0.717) is 31.1 Å². The van der Waals surface area contributed by atoms with Crippen molar-refractivity contribution in [3.8, 4) is 0 Å². The van der Waals surface area contributed by atoms with E-state index in [2.05, 4.69) is 10.6 Å². The van der Waals surface area contributed by atoms with Crippen molar-refractivity contribution in [1.29, 1.82) is 0 Å². The van der Waals surface area contributed by atoms with Gasteiger partial charge in [0.15, 0.2) is 6.61 Å². The highest BCUT2D eigenvalue weighted by Gasteiger charge is 2.22. The van der Waals surface area contributed by atoms with Gasteiger partial charge in [-0.25, -0.2) is 13.2 Å². The largest absolute Gasteiger partial charge is 0.467 e. The fraction of sp³-hybridized carbons (Fsp3) is 0.250. The molecule has 1 aromatic heterocycles. The van der Waals surface area contributed by atoms with Crippen LogP contribution in [0.15, 0.2) is 76.2 Å². The Labute approximate surface area is 198 Å². The number of furan rings is 1. The maximum absolute atomic E-state index is 12.7. The molecule has 2 N–H and O–H groups in total. The number of esters is 1. The van der Waals surface area contributed by atoms with E-state index < -0.39 is 28.5 Å². The Bertz CT molecular complexity index is 1220. The third-order valence-corrected chi connectivity index (χ3v) is 7.02. The van der Waals surface area contributed by atoms with Gasteiger partial charge in [-0.15, -0.1) is 0 Å². The van der Waals surface area contributed by atoms with E-state index in [1.807, 2.05) is 0 Å². The molecule has 0 saturated carbocycles. The van der Waals surface area contributed by atoms with Gasteiger partial charge in [0.05, 0.1) is 23.3 Å². The quantitative estimate of drug-likeness (QED) is 0.398. The van der Waals surface area contributed by atoms with E-state index in [-0.39, 0.29) is 16.1 Å². The summed E-state index contributed by atoms with van der Waals surface area (Å²) in [7, 11) is -3.66. The zero-order valence-corrected chi connectivity index (χ0v) is 19.8. The van der Waals surface area contributed by atoms with E-state index in [1.54, 1.807) is 68.6 Å². The molecular formula is C24H27N3O6S. The lowest BCUT2D eigenvalue weighted by molar-refractivity contribution is -0.119. The molecule has 1 heterocycles. The van der Waals surface area contributed by atoms with Gasteiger partial charge in [0.25, 0.3) is 5.91 Å². The van der Waals surface area contributed by atoms with E-state index in [4.69, 9.17) is 9.15 Å². The Balaban J connectivity index is 1.60. The van der Waals surface area contributed by atoms with Gasteiger partial charge in [-0.3, -0.25) is 4.79 Å². The van der Waals surface area contributed by atoms with Crippen LogP contribution in [-0.4, -0.2) is 44.3 Å². The zero-order chi connectivity index (χ0) is 24.6. The second-order valence-electron chi connectivity index (χ2n) is 7.22. The number of nitrogens with zero attached hydrogens (tertiary/aromatic N) is 1. The molecule has 10 heteroatoms. The van der Waals surface area contributed by atoms with Crippen LogP contribution in [0, 0.1) is 0 Å². The Morgan fingerprint density at radius 3 is 2.47 bits per heavy atom. The van der Waals surface area contributed by atoms with Crippen molar-refractivity contribution in [2.45, 2.75) is 25.3 Å². The first kappa shape index (κ1) is 25.0. The maximum Gasteiger partial charge on any atom is 0.340 e. The molecule has 0 bridgehead atoms. The summed E-state index contributed by atoms with van der Waals surface area (Å²) in [6, 6.07) is 16.3. The fourth-order valence-electron chi connectivity index (χ4n) is 3.26. The van der Waals surface area contributed by atoms with Crippen molar-refractivity contribution < 1.29 is 27.2 Å². The number of para-hydroxylation sites is 1. The van der Waals surface area contributed by atoms with E-state index in [0.717, 1.165) is 0 Å². The predicted octanol–water partition coefficient (Wildman–Crippen LogP) is 3.72. The average Bonchev–Trinajstić information content (AvgIpc) is 3.36. The number of sulfonamides is 1. The third-order valence-electron chi connectivity index (χ3n) is 4.98. The number of carbonyl (C=O) groups excluding carboxylic acids is 2. The van der Waals surface area contributed by atoms with Crippen molar-refractivity contribution in [2.24, 2.45) is 0 Å². The molecule has 3 rings (SSSR count). The van der Waals surface area contributed by atoms with E-state index in [9.17, 15) is 18.0 Å². The smallest absolute Gasteiger partial charge is 0.340 e. The molecule has 0 fully saturated rings. The number of hydrogen-bond acceptors (Lipinski definition) is 7. The molecular weight excluding hydrogens is 458 g/mol. The number of amides is 1. The first-order valence-electron chi connectivity index (χ1n) is 10.8. The van der Waals surface area contributed by atoms with Gasteiger partial charge >= 0.3 is 5.97 Å². The number of anilines is 2. The van der Waals surface area contributed by atoms with Gasteiger partial charge in [-0.2, -0.15) is 4.31 Å². The summed E-state index contributed by atoms with van der Waals surface area (Å²) in [5, 5.41) is 5.67. The predicted molar refractivity (Wildman–Crippen MR) is 128 cm³/mol. The molecule has 2 aromatic carbocycles. The molecule has 0 radical (unpaired) electrons. The molecule has 34 heavy (non-hydrogen) atoms. The molecule has 1 amide bonds. The highest BCUT2D eigenvalue weighted by Crippen LogP contribution is 2.20. The first-order chi connectivity index (χ1) is 16.3. The lowest BCUT2D eigenvalue weighted by atomic mass is 10.2. The zero-order valence-electron chi connectivity index (χ0n) is 19.0. The Hall–Kier alpha value is -3.63. The van der Waals surface area contributed by atoms with Crippen LogP contribution in [0.3, 0.4) is 0 Å². The number of rotatable bonds is 11. The standard InChI is InChI=1S/C24H27N3O6S/c1-3-27(4-2)34(30,31)20-11-7-9-18(15-20)26-23(28)17-33-24(29)21-12-5-6-13-22(21)25-16-19-10-8-14-32-19/h5-15,25H,3-4,16-17H2,1-2H3,(H,26,28). The van der Waals surface area contributed by atoms with Crippen LogP contribution in [0.5, 0.6) is 0 Å². The lowest BCUT2D eigenvalue weighted by Gasteiger charge is -2.18. The summed E-state index contributed by atoms with van der Waals surface area (Å²) >= 11 is 0. The number of ether oxygens (including phenoxy) is 1. The van der Waals surface area contributed by atoms with Gasteiger partial charge in [0.2, 0.25) is 10.0 Å². The third kappa shape index (κ3) is 6.24. The van der Waals surface area contributed by atoms with Crippen LogP contribution in [0.2, 0.25) is 0 Å². The maximum atomic E-state index is 12.7. The Morgan fingerprint density at radius 1 is 1.00 bits per heavy atom. The Kier molecular flexibility index (Phi) is 8.44. The monoisotopic (exact) mass is 485 g/mol. The minimum absolute atomic E-state index is 0.0718. The van der Waals surface area contributed by atoms with Crippen LogP contribution >= 0.6 is 0 Å². The molecule has 0 spiro atoms. The second kappa shape index (κ2) is 11.5. The van der Waals surface area contributed by atoms with Crippen molar-refractivity contribution in [3.63, 3.8) is 0 Å². The highest BCUT2D eigenvalue weighted by molar-refractivity contribution is 7.89. The topological polar surface area (TPSA) is 118 Å². The van der Waals surface area contributed by atoms with Gasteiger partial charge in [0, 0.05) is 24.5 Å². The molecule has 9 nitrogen and oxygen atoms in total. The number of nitrogens with one attached hydrogen (secondary N) is 2. The van der Waals surface area contributed by atoms with Gasteiger partial charge < -0.3 is 19.8 Å². The SMILES string of the molecule is CCN(CC)S(=O)(=O)c1cccc(NC(=O)COC(=O)c2ccccc2NCc2ccco2)c1. The van der Waals surface area contributed by atoms with Crippen molar-refractivity contribution >= 4 is 33.3 Å². The van der Waals surface area contributed by atoms with Crippen molar-refractivity contribution in [1.82, 2.24) is 4.31 Å². The van der Waals surface area contributed by atoms with Gasteiger partial charge in [-0.1, -0.05) is 32.0 Å². The van der Waals surface area contributed by atoms with Crippen LogP contribution in [-0.2, 0) is 26.1 Å². The molecule has 3 aromatic rings. The van der Waals surface area contributed by atoms with Gasteiger partial charge in [0.1, 0.15) is 5.76 Å². The minimum Gasteiger partial charge on any atom is -0.467 e. The molecule has 0 saturated heterocycles. The molecule has 0 aliphatic rings. The van der Waals surface area contributed by atoms with Crippen LogP contribution < -0.4 is 10.6 Å². The second-order valence-corrected chi connectivity index (χ2v) is 9.16. The summed E-state index contributed by atoms with van der Waals surface area (Å²) in [5.41, 5.74) is 1.10. The normalized spacial score (nSPS) is 11.3. The average molecular weight is 486 g/mol. The minimum atomic E-state index is -3.66. The number of benzene rings is 2. The summed E-state index contributed by atoms with van der Waals surface area (Å²) in [4.78, 5) is 25.0. The lowest BCUT2D eigenvalue weighted by Crippen LogP contribution is -2.30. The molecule has 180 valence electrons. The molecule has 0 aliphatic heterocycles. The van der Waals surface area contributed by atoms with E-state index in [1.165, 1.54) is 16.4 Å². The molecule has 0 unspecified atom stereocenters. The van der Waals surface area contributed by atoms with Crippen LogP contribution in [0.25, 0.3) is 0 Å². The summed E-state index contributed by atoms with van der Waals surface area (Å²) in [5.74, 6) is -0.560. The van der Waals surface area contributed by atoms with Crippen molar-refractivity contribution in [3.05, 3.63) is 78.3 Å². The van der Waals surface area contributed by atoms with Crippen molar-refractivity contribution in [2.75, 3.05) is 30.3 Å². The van der Waals surface area contributed by atoms with Gasteiger partial charge in [-0.05, 0) is 42.5 Å².